The quantitative estimate of drug-likeness (QED) is 0.199. The van der Waals surface area contributed by atoms with Crippen LogP contribution >= 0.6 is 11.6 Å². The fourth-order valence-electron chi connectivity index (χ4n) is 4.79. The van der Waals surface area contributed by atoms with Gasteiger partial charge in [-0.25, -0.2) is 8.42 Å². The normalized spacial score (nSPS) is 11.8. The van der Waals surface area contributed by atoms with Crippen LogP contribution < -0.4 is 23.8 Å². The lowest BCUT2D eigenvalue weighted by atomic mass is 10.1. The number of carbonyl (C=O) groups is 2. The Labute approximate surface area is 271 Å². The Balaban J connectivity index is 2.15. The molecule has 0 bridgehead atoms. The van der Waals surface area contributed by atoms with Crippen LogP contribution in [0, 0.1) is 6.92 Å². The summed E-state index contributed by atoms with van der Waals surface area (Å²) in [6.45, 7) is 5.72. The van der Waals surface area contributed by atoms with E-state index in [4.69, 9.17) is 25.8 Å². The minimum Gasteiger partial charge on any atom is -0.495 e. The summed E-state index contributed by atoms with van der Waals surface area (Å²) in [7, 11) is -0.190. The Morgan fingerprint density at radius 3 is 2.13 bits per heavy atom. The van der Waals surface area contributed by atoms with Crippen molar-refractivity contribution in [3.63, 3.8) is 0 Å². The maximum Gasteiger partial charge on any atom is 0.265 e. The van der Waals surface area contributed by atoms with Gasteiger partial charge in [0.05, 0.1) is 31.9 Å². The fourth-order valence-corrected chi connectivity index (χ4v) is 6.39. The molecule has 1 N–H and O–H groups in total. The fraction of sp³-hybridized carbons (Fsp3) is 0.394. The van der Waals surface area contributed by atoms with Crippen LogP contribution in [0.15, 0.2) is 65.6 Å². The summed E-state index contributed by atoms with van der Waals surface area (Å²) in [6, 6.07) is 15.4. The van der Waals surface area contributed by atoms with Crippen molar-refractivity contribution in [1.29, 1.82) is 0 Å². The lowest BCUT2D eigenvalue weighted by molar-refractivity contribution is -0.140. The molecule has 45 heavy (non-hydrogen) atoms. The number of nitrogens with zero attached hydrogens (tertiary/aromatic N) is 2. The first kappa shape index (κ1) is 35.5. The van der Waals surface area contributed by atoms with E-state index >= 15 is 0 Å². The highest BCUT2D eigenvalue weighted by atomic mass is 35.5. The molecule has 0 heterocycles. The van der Waals surface area contributed by atoms with Gasteiger partial charge in [0, 0.05) is 24.2 Å². The number of benzene rings is 3. The van der Waals surface area contributed by atoms with Crippen LogP contribution in [0.3, 0.4) is 0 Å². The number of anilines is 1. The van der Waals surface area contributed by atoms with Gasteiger partial charge in [-0.3, -0.25) is 13.9 Å². The molecular weight excluding hydrogens is 618 g/mol. The number of unbranched alkanes of at least 4 members (excludes halogenated alkanes) is 1. The number of hydrogen-bond acceptors (Lipinski definition) is 7. The highest BCUT2D eigenvalue weighted by Gasteiger charge is 2.35. The topological polar surface area (TPSA) is 114 Å². The number of nitrogens with one attached hydrogen (secondary N) is 1. The van der Waals surface area contributed by atoms with Crippen LogP contribution in [-0.2, 0) is 26.2 Å². The van der Waals surface area contributed by atoms with E-state index in [1.807, 2.05) is 45.0 Å². The van der Waals surface area contributed by atoms with Crippen molar-refractivity contribution in [2.75, 3.05) is 38.7 Å². The summed E-state index contributed by atoms with van der Waals surface area (Å²) in [5.74, 6) is -0.173. The third-order valence-electron chi connectivity index (χ3n) is 7.32. The zero-order chi connectivity index (χ0) is 33.1. The molecule has 244 valence electrons. The monoisotopic (exact) mass is 659 g/mol. The van der Waals surface area contributed by atoms with Crippen LogP contribution in [-0.4, -0.2) is 65.6 Å². The molecule has 10 nitrogen and oxygen atoms in total. The van der Waals surface area contributed by atoms with Gasteiger partial charge in [0.1, 0.15) is 18.3 Å². The number of carbonyl (C=O) groups excluding carboxylic acids is 2. The molecule has 1 atom stereocenters. The Bertz CT molecular complexity index is 1560. The van der Waals surface area contributed by atoms with Crippen LogP contribution in [0.4, 0.5) is 5.69 Å². The van der Waals surface area contributed by atoms with Crippen LogP contribution in [0.25, 0.3) is 0 Å². The predicted molar refractivity (Wildman–Crippen MR) is 176 cm³/mol. The first-order valence-electron chi connectivity index (χ1n) is 14.7. The van der Waals surface area contributed by atoms with Gasteiger partial charge in [0.15, 0.2) is 11.5 Å². The Hall–Kier alpha value is -3.96. The molecule has 0 aliphatic rings. The molecule has 0 fully saturated rings. The summed E-state index contributed by atoms with van der Waals surface area (Å²) < 4.78 is 45.8. The summed E-state index contributed by atoms with van der Waals surface area (Å²) in [5.41, 5.74) is 1.90. The van der Waals surface area contributed by atoms with E-state index in [0.717, 1.165) is 28.3 Å². The third kappa shape index (κ3) is 8.82. The SMILES string of the molecule is CCCCNC(=O)C(CC)N(Cc1ccc(C)cc1)C(=O)CN(c1cc(Cl)ccc1OC)S(=O)(=O)c1ccc(OC)c(OC)c1. The average molecular weight is 660 g/mol. The zero-order valence-corrected chi connectivity index (χ0v) is 28.2. The molecule has 1 unspecified atom stereocenters. The highest BCUT2D eigenvalue weighted by Crippen LogP contribution is 2.37. The van der Waals surface area contributed by atoms with Crippen molar-refractivity contribution in [3.8, 4) is 17.2 Å². The lowest BCUT2D eigenvalue weighted by Crippen LogP contribution is -2.52. The van der Waals surface area contributed by atoms with Gasteiger partial charge >= 0.3 is 0 Å². The Morgan fingerprint density at radius 2 is 1.53 bits per heavy atom. The van der Waals surface area contributed by atoms with Crippen LogP contribution in [0.2, 0.25) is 5.02 Å². The van der Waals surface area contributed by atoms with Crippen LogP contribution in [0.1, 0.15) is 44.2 Å². The summed E-state index contributed by atoms with van der Waals surface area (Å²) in [6.07, 6.45) is 2.01. The van der Waals surface area contributed by atoms with Gasteiger partial charge in [-0.2, -0.15) is 0 Å². The van der Waals surface area contributed by atoms with Gasteiger partial charge in [-0.1, -0.05) is 61.7 Å². The van der Waals surface area contributed by atoms with E-state index in [9.17, 15) is 18.0 Å². The van der Waals surface area contributed by atoms with Crippen molar-refractivity contribution < 1.29 is 32.2 Å². The number of halogens is 1. The van der Waals surface area contributed by atoms with Crippen molar-refractivity contribution in [2.24, 2.45) is 0 Å². The molecule has 0 aliphatic heterocycles. The van der Waals surface area contributed by atoms with E-state index in [1.165, 1.54) is 56.6 Å². The Morgan fingerprint density at radius 1 is 0.889 bits per heavy atom. The molecule has 0 radical (unpaired) electrons. The van der Waals surface area contributed by atoms with Crippen molar-refractivity contribution >= 4 is 39.1 Å². The van der Waals surface area contributed by atoms with E-state index in [-0.39, 0.29) is 39.6 Å². The molecule has 3 aromatic rings. The summed E-state index contributed by atoms with van der Waals surface area (Å²) >= 11 is 6.33. The van der Waals surface area contributed by atoms with Gasteiger partial charge in [-0.05, 0) is 55.7 Å². The van der Waals surface area contributed by atoms with E-state index in [2.05, 4.69) is 5.32 Å². The van der Waals surface area contributed by atoms with E-state index in [0.29, 0.717) is 18.7 Å². The molecule has 3 rings (SSSR count). The number of rotatable bonds is 16. The van der Waals surface area contributed by atoms with Gasteiger partial charge in [0.2, 0.25) is 11.8 Å². The standard InChI is InChI=1S/C33H42ClN3O7S/c1-7-9-18-35-33(39)27(8-2)36(21-24-12-10-23(3)11-13-24)32(38)22-37(28-19-25(34)14-16-29(28)42-4)45(40,41)26-15-17-30(43-5)31(20-26)44-6/h10-17,19-20,27H,7-9,18,21-22H2,1-6H3,(H,35,39). The number of amides is 2. The molecule has 2 amide bonds. The third-order valence-corrected chi connectivity index (χ3v) is 9.31. The largest absolute Gasteiger partial charge is 0.495 e. The number of sulfonamides is 1. The van der Waals surface area contributed by atoms with Gasteiger partial charge in [0.25, 0.3) is 10.0 Å². The first-order chi connectivity index (χ1) is 21.5. The molecule has 3 aromatic carbocycles. The lowest BCUT2D eigenvalue weighted by Gasteiger charge is -2.33. The van der Waals surface area contributed by atoms with Gasteiger partial charge < -0.3 is 24.4 Å². The van der Waals surface area contributed by atoms with Crippen molar-refractivity contribution in [2.45, 2.75) is 57.5 Å². The molecule has 0 aromatic heterocycles. The number of hydrogen-bond donors (Lipinski definition) is 1. The molecule has 0 saturated heterocycles. The number of methoxy groups -OCH3 is 3. The minimum atomic E-state index is -4.43. The van der Waals surface area contributed by atoms with E-state index < -0.39 is 28.5 Å². The van der Waals surface area contributed by atoms with Gasteiger partial charge in [-0.15, -0.1) is 0 Å². The molecule has 0 saturated carbocycles. The number of aryl methyl sites for hydroxylation is 1. The smallest absolute Gasteiger partial charge is 0.265 e. The highest BCUT2D eigenvalue weighted by molar-refractivity contribution is 7.92. The zero-order valence-electron chi connectivity index (χ0n) is 26.6. The van der Waals surface area contributed by atoms with Crippen LogP contribution in [0.5, 0.6) is 17.2 Å². The van der Waals surface area contributed by atoms with Crippen molar-refractivity contribution in [1.82, 2.24) is 10.2 Å². The predicted octanol–water partition coefficient (Wildman–Crippen LogP) is 5.59. The summed E-state index contributed by atoms with van der Waals surface area (Å²) in [5, 5.41) is 3.17. The van der Waals surface area contributed by atoms with Crippen molar-refractivity contribution in [3.05, 3.63) is 76.8 Å². The second-order valence-electron chi connectivity index (χ2n) is 10.4. The maximum atomic E-state index is 14.4. The second-order valence-corrected chi connectivity index (χ2v) is 12.7. The average Bonchev–Trinajstić information content (AvgIpc) is 3.03. The second kappa shape index (κ2) is 16.4. The minimum absolute atomic E-state index is 0.0591. The number of ether oxygens (including phenoxy) is 3. The summed E-state index contributed by atoms with van der Waals surface area (Å²) in [4.78, 5) is 29.0. The molecule has 0 spiro atoms. The van der Waals surface area contributed by atoms with E-state index in [1.54, 1.807) is 6.07 Å². The first-order valence-corrected chi connectivity index (χ1v) is 16.5. The molecular formula is C33H42ClN3O7S. The molecule has 12 heteroatoms. The molecule has 0 aliphatic carbocycles. The maximum absolute atomic E-state index is 14.4. The Kier molecular flexibility index (Phi) is 12.9.